The molecule has 1 heteroatoms. The quantitative estimate of drug-likeness (QED) is 0.208. The molecule has 1 aliphatic carbocycles. The van der Waals surface area contributed by atoms with Crippen molar-refractivity contribution >= 4 is 33.7 Å². The van der Waals surface area contributed by atoms with Gasteiger partial charge in [-0.25, -0.2) is 0 Å². The molecule has 0 unspecified atom stereocenters. The SMILES string of the molecule is CC1(C)c2ccccc2-c2ccc(-c3c4ccccc4c(B4CC4)c4ccccc34)cc21. The Morgan fingerprint density at radius 1 is 0.594 bits per heavy atom. The van der Waals surface area contributed by atoms with E-state index in [0.717, 1.165) is 0 Å². The van der Waals surface area contributed by atoms with Crippen molar-refractivity contribution in [2.24, 2.45) is 0 Å². The minimum Gasteiger partial charge on any atom is -0.0759 e. The van der Waals surface area contributed by atoms with Crippen LogP contribution < -0.4 is 5.46 Å². The molecule has 0 aromatic heterocycles. The average Bonchev–Trinajstić information content (AvgIpc) is 3.64. The smallest absolute Gasteiger partial charge is 0.0759 e. The monoisotopic (exact) mass is 408 g/mol. The Morgan fingerprint density at radius 2 is 1.16 bits per heavy atom. The highest BCUT2D eigenvalue weighted by atomic mass is 14.4. The number of hydrogen-bond acceptors (Lipinski definition) is 0. The number of rotatable bonds is 2. The molecule has 5 aromatic rings. The normalized spacial score (nSPS) is 15.8. The third-order valence-corrected chi connectivity index (χ3v) is 7.83. The van der Waals surface area contributed by atoms with Crippen LogP contribution in [0, 0.1) is 0 Å². The van der Waals surface area contributed by atoms with Crippen LogP contribution in [0.5, 0.6) is 0 Å². The molecule has 1 heterocycles. The predicted octanol–water partition coefficient (Wildman–Crippen LogP) is 7.68. The van der Waals surface area contributed by atoms with Gasteiger partial charge in [-0.3, -0.25) is 0 Å². The topological polar surface area (TPSA) is 0 Å². The van der Waals surface area contributed by atoms with Crippen LogP contribution >= 0.6 is 0 Å². The molecule has 32 heavy (non-hydrogen) atoms. The summed E-state index contributed by atoms with van der Waals surface area (Å²) in [6.07, 6.45) is 2.64. The van der Waals surface area contributed by atoms with Crippen LogP contribution in [0.25, 0.3) is 43.8 Å². The second-order valence-electron chi connectivity index (χ2n) is 10.1. The molecule has 0 radical (unpaired) electrons. The minimum atomic E-state index is 0.0154. The first-order chi connectivity index (χ1) is 15.6. The van der Waals surface area contributed by atoms with Gasteiger partial charge in [0.2, 0.25) is 0 Å². The zero-order valence-electron chi connectivity index (χ0n) is 18.7. The van der Waals surface area contributed by atoms with Crippen LogP contribution in [0.2, 0.25) is 12.6 Å². The maximum atomic E-state index is 2.47. The summed E-state index contributed by atoms with van der Waals surface area (Å²) in [6.45, 7) is 5.45. The zero-order valence-corrected chi connectivity index (χ0v) is 18.7. The van der Waals surface area contributed by atoms with E-state index in [0.29, 0.717) is 6.71 Å². The maximum Gasteiger partial charge on any atom is 0.176 e. The van der Waals surface area contributed by atoms with Gasteiger partial charge in [-0.1, -0.05) is 117 Å². The van der Waals surface area contributed by atoms with Gasteiger partial charge < -0.3 is 0 Å². The molecule has 2 aliphatic rings. The summed E-state index contributed by atoms with van der Waals surface area (Å²) in [5, 5.41) is 5.65. The molecule has 152 valence electrons. The van der Waals surface area contributed by atoms with Crippen molar-refractivity contribution in [2.75, 3.05) is 0 Å². The van der Waals surface area contributed by atoms with Crippen LogP contribution in [0.15, 0.2) is 91.0 Å². The van der Waals surface area contributed by atoms with Crippen LogP contribution in [-0.2, 0) is 5.41 Å². The van der Waals surface area contributed by atoms with E-state index in [2.05, 4.69) is 105 Å². The van der Waals surface area contributed by atoms with E-state index in [1.165, 1.54) is 67.6 Å². The summed E-state index contributed by atoms with van der Waals surface area (Å²) in [6, 6.07) is 34.2. The number of fused-ring (bicyclic) bond motifs is 5. The fourth-order valence-corrected chi connectivity index (χ4v) is 6.14. The van der Waals surface area contributed by atoms with Crippen LogP contribution in [0.4, 0.5) is 0 Å². The summed E-state index contributed by atoms with van der Waals surface area (Å²) in [5.74, 6) is 0. The van der Waals surface area contributed by atoms with Gasteiger partial charge in [-0.05, 0) is 61.0 Å². The lowest BCUT2D eigenvalue weighted by atomic mass is 9.60. The molecule has 1 aliphatic heterocycles. The zero-order chi connectivity index (χ0) is 21.4. The van der Waals surface area contributed by atoms with Gasteiger partial charge in [-0.15, -0.1) is 0 Å². The molecule has 0 saturated carbocycles. The van der Waals surface area contributed by atoms with E-state index < -0.39 is 0 Å². The van der Waals surface area contributed by atoms with Gasteiger partial charge in [0, 0.05) is 5.41 Å². The molecule has 0 nitrogen and oxygen atoms in total. The van der Waals surface area contributed by atoms with Crippen LogP contribution in [-0.4, -0.2) is 6.71 Å². The molecular formula is C31H25B. The Labute approximate surface area is 190 Å². The fourth-order valence-electron chi connectivity index (χ4n) is 6.14. The minimum absolute atomic E-state index is 0.0154. The first-order valence-corrected chi connectivity index (χ1v) is 11.8. The van der Waals surface area contributed by atoms with Gasteiger partial charge in [0.05, 0.1) is 0 Å². The third kappa shape index (κ3) is 2.40. The van der Waals surface area contributed by atoms with Gasteiger partial charge in [-0.2, -0.15) is 0 Å². The summed E-state index contributed by atoms with van der Waals surface area (Å²) in [5.41, 5.74) is 9.95. The maximum absolute atomic E-state index is 2.47. The lowest BCUT2D eigenvalue weighted by Crippen LogP contribution is -2.18. The summed E-state index contributed by atoms with van der Waals surface area (Å²) >= 11 is 0. The summed E-state index contributed by atoms with van der Waals surface area (Å²) in [4.78, 5) is 0. The number of hydrogen-bond donors (Lipinski definition) is 0. The van der Waals surface area contributed by atoms with E-state index in [-0.39, 0.29) is 5.41 Å². The van der Waals surface area contributed by atoms with Crippen molar-refractivity contribution in [3.63, 3.8) is 0 Å². The van der Waals surface area contributed by atoms with E-state index >= 15 is 0 Å². The van der Waals surface area contributed by atoms with Crippen molar-refractivity contribution in [1.29, 1.82) is 0 Å². The summed E-state index contributed by atoms with van der Waals surface area (Å²) < 4.78 is 0. The Balaban J connectivity index is 1.57. The standard InChI is InChI=1S/C31H25B/c1-31(2)27-14-8-7-9-21(27)22-16-15-20(19-28(22)31)29-23-10-3-5-12-25(23)30(32-17-18-32)26-13-6-4-11-24(26)29/h3-16,19H,17-18H2,1-2H3. The van der Waals surface area contributed by atoms with E-state index in [9.17, 15) is 0 Å². The first kappa shape index (κ1) is 18.3. The highest BCUT2D eigenvalue weighted by Crippen LogP contribution is 2.50. The van der Waals surface area contributed by atoms with E-state index in [4.69, 9.17) is 0 Å². The van der Waals surface area contributed by atoms with Crippen molar-refractivity contribution in [1.82, 2.24) is 0 Å². The predicted molar refractivity (Wildman–Crippen MR) is 139 cm³/mol. The van der Waals surface area contributed by atoms with Gasteiger partial charge in [0.1, 0.15) is 0 Å². The first-order valence-electron chi connectivity index (χ1n) is 11.8. The Hall–Kier alpha value is -3.32. The lowest BCUT2D eigenvalue weighted by Gasteiger charge is -2.23. The highest BCUT2D eigenvalue weighted by Gasteiger charge is 2.36. The molecule has 7 rings (SSSR count). The molecule has 1 saturated heterocycles. The molecule has 0 bridgehead atoms. The molecule has 5 aromatic carbocycles. The van der Waals surface area contributed by atoms with Crippen molar-refractivity contribution in [3.05, 3.63) is 102 Å². The van der Waals surface area contributed by atoms with Gasteiger partial charge in [0.15, 0.2) is 6.71 Å². The van der Waals surface area contributed by atoms with Crippen molar-refractivity contribution in [2.45, 2.75) is 31.9 Å². The van der Waals surface area contributed by atoms with Gasteiger partial charge >= 0.3 is 0 Å². The second-order valence-corrected chi connectivity index (χ2v) is 10.1. The van der Waals surface area contributed by atoms with Crippen LogP contribution in [0.1, 0.15) is 25.0 Å². The molecule has 0 N–H and O–H groups in total. The fraction of sp³-hybridized carbons (Fsp3) is 0.161. The lowest BCUT2D eigenvalue weighted by molar-refractivity contribution is 0.660. The van der Waals surface area contributed by atoms with Crippen molar-refractivity contribution < 1.29 is 0 Å². The largest absolute Gasteiger partial charge is 0.176 e. The van der Waals surface area contributed by atoms with E-state index in [1.54, 1.807) is 5.46 Å². The average molecular weight is 408 g/mol. The van der Waals surface area contributed by atoms with Crippen LogP contribution in [0.3, 0.4) is 0 Å². The Kier molecular flexibility index (Phi) is 3.63. The third-order valence-electron chi connectivity index (χ3n) is 7.83. The molecule has 0 spiro atoms. The Bertz CT molecular complexity index is 1500. The highest BCUT2D eigenvalue weighted by molar-refractivity contribution is 6.86. The van der Waals surface area contributed by atoms with Crippen molar-refractivity contribution in [3.8, 4) is 22.3 Å². The second kappa shape index (κ2) is 6.36. The number of benzene rings is 5. The molecule has 1 fully saturated rings. The molecule has 0 atom stereocenters. The van der Waals surface area contributed by atoms with E-state index in [1.807, 2.05) is 0 Å². The molecule has 0 amide bonds. The van der Waals surface area contributed by atoms with Gasteiger partial charge in [0.25, 0.3) is 0 Å². The molecular weight excluding hydrogens is 383 g/mol. The summed E-state index contributed by atoms with van der Waals surface area (Å²) in [7, 11) is 0. The Morgan fingerprint density at radius 3 is 1.81 bits per heavy atom.